The summed E-state index contributed by atoms with van der Waals surface area (Å²) in [6.45, 7) is 0.151. The van der Waals surface area contributed by atoms with Gasteiger partial charge in [0.25, 0.3) is 5.91 Å². The first-order valence-corrected chi connectivity index (χ1v) is 9.21. The zero-order valence-corrected chi connectivity index (χ0v) is 15.7. The van der Waals surface area contributed by atoms with Gasteiger partial charge in [-0.2, -0.15) is 0 Å². The molecule has 0 radical (unpaired) electrons. The molecule has 0 aliphatic carbocycles. The third-order valence-electron chi connectivity index (χ3n) is 3.86. The van der Waals surface area contributed by atoms with E-state index in [2.05, 4.69) is 27.5 Å². The Morgan fingerprint density at radius 1 is 1.32 bits per heavy atom. The van der Waals surface area contributed by atoms with Gasteiger partial charge in [0, 0.05) is 23.4 Å². The zero-order chi connectivity index (χ0) is 19.9. The Bertz CT molecular complexity index is 1120. The number of carbonyl (C=O) groups is 1. The largest absolute Gasteiger partial charge is 0.375 e. The van der Waals surface area contributed by atoms with Crippen LogP contribution in [0.2, 0.25) is 0 Å². The number of nitrogens with zero attached hydrogens (tertiary/aromatic N) is 1. The van der Waals surface area contributed by atoms with Crippen molar-refractivity contribution in [1.29, 1.82) is 0 Å². The molecule has 0 saturated carbocycles. The van der Waals surface area contributed by atoms with Crippen LogP contribution in [0, 0.1) is 24.2 Å². The fourth-order valence-corrected chi connectivity index (χ4v) is 3.43. The summed E-state index contributed by atoms with van der Waals surface area (Å²) in [5, 5.41) is 6.23. The molecule has 4 N–H and O–H groups in total. The number of fused-ring (bicyclic) bond motifs is 1. The van der Waals surface area contributed by atoms with Gasteiger partial charge >= 0.3 is 0 Å². The maximum absolute atomic E-state index is 13.3. The quantitative estimate of drug-likeness (QED) is 0.583. The number of terminal acetylenes is 1. The number of carbonyl (C=O) groups excluding carboxylic acids is 1. The van der Waals surface area contributed by atoms with Gasteiger partial charge in [-0.25, -0.2) is 9.37 Å². The number of hydrogen-bond acceptors (Lipinski definition) is 5. The average molecular weight is 392 g/mol. The molecule has 0 bridgehead atoms. The van der Waals surface area contributed by atoms with Crippen LogP contribution in [-0.2, 0) is 18.0 Å². The van der Waals surface area contributed by atoms with E-state index >= 15 is 0 Å². The number of halogens is 1. The molecular formula is C21H17FN4OS. The summed E-state index contributed by atoms with van der Waals surface area (Å²) in [7, 11) is 0. The van der Waals surface area contributed by atoms with Gasteiger partial charge in [-0.1, -0.05) is 35.3 Å². The molecule has 2 aromatic carbocycles. The van der Waals surface area contributed by atoms with Gasteiger partial charge in [-0.3, -0.25) is 4.79 Å². The molecule has 0 atom stereocenters. The molecule has 0 aliphatic heterocycles. The molecule has 0 aliphatic rings. The van der Waals surface area contributed by atoms with Crippen LogP contribution in [0.15, 0.2) is 36.4 Å². The van der Waals surface area contributed by atoms with E-state index in [0.29, 0.717) is 29.3 Å². The van der Waals surface area contributed by atoms with Gasteiger partial charge in [-0.05, 0) is 35.7 Å². The molecule has 1 amide bonds. The minimum absolute atomic E-state index is 0.355. The lowest BCUT2D eigenvalue weighted by Crippen LogP contribution is -2.20. The molecule has 7 heteroatoms. The highest BCUT2D eigenvalue weighted by Gasteiger charge is 2.08. The van der Waals surface area contributed by atoms with E-state index in [1.165, 1.54) is 11.3 Å². The van der Waals surface area contributed by atoms with Crippen LogP contribution in [0.1, 0.15) is 16.7 Å². The molecule has 1 aromatic heterocycles. The smallest absolute Gasteiger partial charge is 0.295 e. The van der Waals surface area contributed by atoms with E-state index in [4.69, 9.17) is 12.2 Å². The number of benzene rings is 2. The molecule has 0 fully saturated rings. The number of thiazole rings is 1. The number of aromatic nitrogens is 1. The van der Waals surface area contributed by atoms with Crippen molar-refractivity contribution in [2.45, 2.75) is 13.2 Å². The summed E-state index contributed by atoms with van der Waals surface area (Å²) in [4.78, 5) is 15.3. The normalized spacial score (nSPS) is 10.0. The molecule has 3 rings (SSSR count). The van der Waals surface area contributed by atoms with Gasteiger partial charge in [0.15, 0.2) is 5.13 Å². The first kappa shape index (κ1) is 19.2. The molecule has 1 heterocycles. The topological polar surface area (TPSA) is 80.0 Å². The Kier molecular flexibility index (Phi) is 6.11. The van der Waals surface area contributed by atoms with Crippen LogP contribution in [-0.4, -0.2) is 17.4 Å². The number of alkyl halides is 1. The predicted molar refractivity (Wildman–Crippen MR) is 111 cm³/mol. The molecule has 28 heavy (non-hydrogen) atoms. The molecule has 0 saturated heterocycles. The number of nitrogens with two attached hydrogens (primary N) is 1. The summed E-state index contributed by atoms with van der Waals surface area (Å²) >= 11 is 1.32. The van der Waals surface area contributed by atoms with Crippen molar-refractivity contribution in [1.82, 2.24) is 10.3 Å². The Hall–Kier alpha value is -3.55. The van der Waals surface area contributed by atoms with Crippen molar-refractivity contribution in [2.24, 2.45) is 0 Å². The lowest BCUT2D eigenvalue weighted by molar-refractivity contribution is -0.115. The Balaban J connectivity index is 1.65. The summed E-state index contributed by atoms with van der Waals surface area (Å²) in [5.41, 5.74) is 9.31. The van der Waals surface area contributed by atoms with Crippen molar-refractivity contribution in [3.63, 3.8) is 0 Å². The van der Waals surface area contributed by atoms with Crippen LogP contribution >= 0.6 is 11.3 Å². The van der Waals surface area contributed by atoms with E-state index in [1.807, 2.05) is 36.3 Å². The number of rotatable bonds is 5. The summed E-state index contributed by atoms with van der Waals surface area (Å²) in [5.74, 6) is 7.62. The minimum Gasteiger partial charge on any atom is -0.375 e. The predicted octanol–water partition coefficient (Wildman–Crippen LogP) is 3.06. The van der Waals surface area contributed by atoms with E-state index in [1.54, 1.807) is 6.07 Å². The number of amides is 1. The van der Waals surface area contributed by atoms with Crippen LogP contribution in [0.25, 0.3) is 10.2 Å². The second-order valence-corrected chi connectivity index (χ2v) is 6.91. The lowest BCUT2D eigenvalue weighted by atomic mass is 10.1. The molecular weight excluding hydrogens is 375 g/mol. The summed E-state index contributed by atoms with van der Waals surface area (Å²) in [6, 6.07) is 11.1. The van der Waals surface area contributed by atoms with E-state index < -0.39 is 12.6 Å². The zero-order valence-electron chi connectivity index (χ0n) is 14.9. The lowest BCUT2D eigenvalue weighted by Gasteiger charge is -2.06. The maximum atomic E-state index is 13.3. The molecule has 140 valence electrons. The minimum atomic E-state index is -0.615. The van der Waals surface area contributed by atoms with E-state index in [9.17, 15) is 9.18 Å². The van der Waals surface area contributed by atoms with E-state index in [-0.39, 0.29) is 0 Å². The highest BCUT2D eigenvalue weighted by atomic mass is 32.1. The van der Waals surface area contributed by atoms with Crippen molar-refractivity contribution in [3.8, 4) is 24.2 Å². The van der Waals surface area contributed by atoms with Crippen LogP contribution in [0.3, 0.4) is 0 Å². The van der Waals surface area contributed by atoms with Crippen LogP contribution in [0.5, 0.6) is 0 Å². The first-order valence-electron chi connectivity index (χ1n) is 8.40. The van der Waals surface area contributed by atoms with Crippen molar-refractivity contribution in [3.05, 3.63) is 53.1 Å². The number of nitrogen functional groups attached to an aromatic ring is 1. The monoisotopic (exact) mass is 392 g/mol. The van der Waals surface area contributed by atoms with E-state index in [0.717, 1.165) is 21.5 Å². The van der Waals surface area contributed by atoms with Gasteiger partial charge in [0.05, 0.1) is 16.8 Å². The number of anilines is 2. The highest BCUT2D eigenvalue weighted by molar-refractivity contribution is 7.22. The van der Waals surface area contributed by atoms with Crippen molar-refractivity contribution in [2.75, 3.05) is 17.6 Å². The Morgan fingerprint density at radius 2 is 2.18 bits per heavy atom. The Labute approximate surface area is 166 Å². The fraction of sp³-hybridized carbons (Fsp3) is 0.143. The third-order valence-corrected chi connectivity index (χ3v) is 4.69. The second kappa shape index (κ2) is 8.90. The summed E-state index contributed by atoms with van der Waals surface area (Å²) in [6.07, 6.45) is 5.03. The number of nitrogens with one attached hydrogen (secondary N) is 2. The molecule has 3 aromatic rings. The Morgan fingerprint density at radius 3 is 2.96 bits per heavy atom. The molecule has 0 spiro atoms. The van der Waals surface area contributed by atoms with Gasteiger partial charge < -0.3 is 16.4 Å². The van der Waals surface area contributed by atoms with Crippen molar-refractivity contribution >= 4 is 38.3 Å². The SMILES string of the molecule is C#CC(=O)NCc1cccc(NCC#Cc2cc(CF)c3nc(N)sc3c2)c1. The first-order chi connectivity index (χ1) is 13.6. The maximum Gasteiger partial charge on any atom is 0.295 e. The fourth-order valence-electron chi connectivity index (χ4n) is 2.61. The highest BCUT2D eigenvalue weighted by Crippen LogP contribution is 2.28. The van der Waals surface area contributed by atoms with Gasteiger partial charge in [0.2, 0.25) is 0 Å². The number of hydrogen-bond donors (Lipinski definition) is 3. The van der Waals surface area contributed by atoms with Crippen LogP contribution in [0.4, 0.5) is 15.2 Å². The van der Waals surface area contributed by atoms with Gasteiger partial charge in [-0.15, -0.1) is 6.42 Å². The van der Waals surface area contributed by atoms with Crippen LogP contribution < -0.4 is 16.4 Å². The average Bonchev–Trinajstić information content (AvgIpc) is 3.09. The molecule has 5 nitrogen and oxygen atoms in total. The summed E-state index contributed by atoms with van der Waals surface area (Å²) < 4.78 is 14.1. The second-order valence-electron chi connectivity index (χ2n) is 5.85. The standard InChI is InChI=1S/C21H17FN4OS/c1-2-19(27)25-13-15-5-3-7-17(10-15)24-8-4-6-14-9-16(12-22)20-18(11-14)28-21(23)26-20/h1,3,5,7,9-11,24H,8,12-13H2,(H2,23,26)(H,25,27). The van der Waals surface area contributed by atoms with Crippen molar-refractivity contribution < 1.29 is 9.18 Å². The molecule has 0 unspecified atom stereocenters. The van der Waals surface area contributed by atoms with Gasteiger partial charge in [0.1, 0.15) is 6.67 Å². The third kappa shape index (κ3) is 4.79.